The molecule has 1 nitrogen and oxygen atoms in total. The van der Waals surface area contributed by atoms with E-state index in [0.717, 1.165) is 17.5 Å². The Kier molecular flexibility index (Phi) is 6.61. The Balaban J connectivity index is 2.55. The fraction of sp³-hybridized carbons (Fsp3) is 0.600. The van der Waals surface area contributed by atoms with Crippen LogP contribution in [0, 0.1) is 5.92 Å². The van der Waals surface area contributed by atoms with E-state index in [1.807, 2.05) is 12.1 Å². The van der Waals surface area contributed by atoms with E-state index in [0.29, 0.717) is 6.04 Å². The van der Waals surface area contributed by atoms with Crippen molar-refractivity contribution in [2.24, 2.45) is 5.92 Å². The number of hydrogen-bond donors (Lipinski definition) is 1. The van der Waals surface area contributed by atoms with Crippen molar-refractivity contribution in [3.8, 4) is 0 Å². The molecule has 0 fully saturated rings. The van der Waals surface area contributed by atoms with E-state index in [1.54, 1.807) is 0 Å². The highest BCUT2D eigenvalue weighted by Crippen LogP contribution is 2.20. The van der Waals surface area contributed by atoms with Crippen molar-refractivity contribution in [3.05, 3.63) is 34.9 Å². The Hall–Kier alpha value is -0.530. The topological polar surface area (TPSA) is 12.0 Å². The van der Waals surface area contributed by atoms with Crippen LogP contribution in [-0.2, 0) is 0 Å². The first kappa shape index (κ1) is 14.5. The maximum Gasteiger partial charge on any atom is 0.0406 e. The van der Waals surface area contributed by atoms with Gasteiger partial charge in [-0.25, -0.2) is 0 Å². The van der Waals surface area contributed by atoms with Crippen LogP contribution in [0.2, 0.25) is 5.02 Å². The van der Waals surface area contributed by atoms with E-state index in [-0.39, 0.29) is 0 Å². The predicted octanol–water partition coefficient (Wildman–Crippen LogP) is 4.82. The first-order valence-corrected chi connectivity index (χ1v) is 7.00. The van der Waals surface area contributed by atoms with Gasteiger partial charge in [-0.1, -0.05) is 50.9 Å². The highest BCUT2D eigenvalue weighted by molar-refractivity contribution is 6.30. The second-order valence-electron chi connectivity index (χ2n) is 5.03. The minimum atomic E-state index is 0.469. The second kappa shape index (κ2) is 7.73. The maximum atomic E-state index is 5.92. The molecule has 0 amide bonds. The van der Waals surface area contributed by atoms with Gasteiger partial charge in [0, 0.05) is 11.1 Å². The molecule has 0 heterocycles. The Bertz CT molecular complexity index is 305. The molecule has 2 heteroatoms. The summed E-state index contributed by atoms with van der Waals surface area (Å²) >= 11 is 5.92. The summed E-state index contributed by atoms with van der Waals surface area (Å²) in [6.07, 6.45) is 3.61. The molecule has 0 aliphatic heterocycles. The molecule has 0 aliphatic carbocycles. The molecular weight excluding hydrogens is 230 g/mol. The SMILES string of the molecule is CCCC(NCCC(C)C)c1ccc(Cl)cc1. The van der Waals surface area contributed by atoms with Crippen LogP contribution >= 0.6 is 11.6 Å². The molecular formula is C15H24ClN. The third-order valence-electron chi connectivity index (χ3n) is 2.96. The first-order chi connectivity index (χ1) is 8.13. The van der Waals surface area contributed by atoms with Crippen LogP contribution in [0.4, 0.5) is 0 Å². The Morgan fingerprint density at radius 2 is 1.76 bits per heavy atom. The van der Waals surface area contributed by atoms with Gasteiger partial charge in [-0.3, -0.25) is 0 Å². The minimum absolute atomic E-state index is 0.469. The molecule has 96 valence electrons. The molecule has 0 aliphatic rings. The largest absolute Gasteiger partial charge is 0.310 e. The number of halogens is 1. The Morgan fingerprint density at radius 3 is 2.29 bits per heavy atom. The standard InChI is InChI=1S/C15H24ClN/c1-4-5-15(17-11-10-12(2)3)13-6-8-14(16)9-7-13/h6-9,12,15,17H,4-5,10-11H2,1-3H3. The molecule has 0 saturated heterocycles. The highest BCUT2D eigenvalue weighted by atomic mass is 35.5. The van der Waals surface area contributed by atoms with Crippen LogP contribution in [-0.4, -0.2) is 6.54 Å². The fourth-order valence-electron chi connectivity index (χ4n) is 1.92. The molecule has 1 atom stereocenters. The summed E-state index contributed by atoms with van der Waals surface area (Å²) in [6, 6.07) is 8.68. The van der Waals surface area contributed by atoms with E-state index < -0.39 is 0 Å². The van der Waals surface area contributed by atoms with Crippen LogP contribution < -0.4 is 5.32 Å². The Labute approximate surface area is 111 Å². The lowest BCUT2D eigenvalue weighted by molar-refractivity contribution is 0.456. The molecule has 0 bridgehead atoms. The van der Waals surface area contributed by atoms with Crippen molar-refractivity contribution in [1.29, 1.82) is 0 Å². The molecule has 0 saturated carbocycles. The number of benzene rings is 1. The Morgan fingerprint density at radius 1 is 1.12 bits per heavy atom. The summed E-state index contributed by atoms with van der Waals surface area (Å²) in [5, 5.41) is 4.46. The first-order valence-electron chi connectivity index (χ1n) is 6.62. The van der Waals surface area contributed by atoms with Gasteiger partial charge in [0.25, 0.3) is 0 Å². The third kappa shape index (κ3) is 5.56. The summed E-state index contributed by atoms with van der Waals surface area (Å²) in [4.78, 5) is 0. The average molecular weight is 254 g/mol. The molecule has 0 radical (unpaired) electrons. The van der Waals surface area contributed by atoms with Gasteiger partial charge in [0.2, 0.25) is 0 Å². The lowest BCUT2D eigenvalue weighted by atomic mass is 10.0. The smallest absolute Gasteiger partial charge is 0.0406 e. The van der Waals surface area contributed by atoms with Crippen molar-refractivity contribution in [2.45, 2.75) is 46.1 Å². The van der Waals surface area contributed by atoms with Crippen molar-refractivity contribution in [1.82, 2.24) is 5.32 Å². The van der Waals surface area contributed by atoms with Crippen LogP contribution in [0.1, 0.15) is 51.6 Å². The molecule has 0 spiro atoms. The summed E-state index contributed by atoms with van der Waals surface area (Å²) in [6.45, 7) is 7.84. The van der Waals surface area contributed by atoms with Crippen molar-refractivity contribution >= 4 is 11.6 Å². The summed E-state index contributed by atoms with van der Waals surface area (Å²) in [7, 11) is 0. The lowest BCUT2D eigenvalue weighted by Crippen LogP contribution is -2.23. The average Bonchev–Trinajstić information content (AvgIpc) is 2.29. The van der Waals surface area contributed by atoms with E-state index in [9.17, 15) is 0 Å². The zero-order valence-electron chi connectivity index (χ0n) is 11.2. The zero-order valence-corrected chi connectivity index (χ0v) is 11.9. The van der Waals surface area contributed by atoms with Gasteiger partial charge in [-0.05, 0) is 43.0 Å². The fourth-order valence-corrected chi connectivity index (χ4v) is 2.04. The van der Waals surface area contributed by atoms with Crippen molar-refractivity contribution < 1.29 is 0 Å². The van der Waals surface area contributed by atoms with Gasteiger partial charge in [0.1, 0.15) is 0 Å². The molecule has 1 rings (SSSR count). The summed E-state index contributed by atoms with van der Waals surface area (Å²) < 4.78 is 0. The van der Waals surface area contributed by atoms with E-state index in [4.69, 9.17) is 11.6 Å². The molecule has 1 N–H and O–H groups in total. The lowest BCUT2D eigenvalue weighted by Gasteiger charge is -2.19. The van der Waals surface area contributed by atoms with Gasteiger partial charge in [0.15, 0.2) is 0 Å². The van der Waals surface area contributed by atoms with Gasteiger partial charge < -0.3 is 5.32 Å². The van der Waals surface area contributed by atoms with E-state index in [1.165, 1.54) is 24.8 Å². The van der Waals surface area contributed by atoms with Gasteiger partial charge >= 0.3 is 0 Å². The zero-order chi connectivity index (χ0) is 12.7. The highest BCUT2D eigenvalue weighted by Gasteiger charge is 2.09. The minimum Gasteiger partial charge on any atom is -0.310 e. The predicted molar refractivity (Wildman–Crippen MR) is 76.6 cm³/mol. The molecule has 1 aromatic rings. The van der Waals surface area contributed by atoms with Crippen LogP contribution in [0.25, 0.3) is 0 Å². The molecule has 1 unspecified atom stereocenters. The van der Waals surface area contributed by atoms with Crippen molar-refractivity contribution in [3.63, 3.8) is 0 Å². The number of nitrogens with one attached hydrogen (secondary N) is 1. The maximum absolute atomic E-state index is 5.92. The molecule has 1 aromatic carbocycles. The quantitative estimate of drug-likeness (QED) is 0.735. The van der Waals surface area contributed by atoms with E-state index >= 15 is 0 Å². The van der Waals surface area contributed by atoms with Gasteiger partial charge in [-0.2, -0.15) is 0 Å². The number of hydrogen-bond acceptors (Lipinski definition) is 1. The van der Waals surface area contributed by atoms with Crippen molar-refractivity contribution in [2.75, 3.05) is 6.54 Å². The van der Waals surface area contributed by atoms with Gasteiger partial charge in [0.05, 0.1) is 0 Å². The van der Waals surface area contributed by atoms with Gasteiger partial charge in [-0.15, -0.1) is 0 Å². The monoisotopic (exact) mass is 253 g/mol. The molecule has 17 heavy (non-hydrogen) atoms. The van der Waals surface area contributed by atoms with Crippen LogP contribution in [0.15, 0.2) is 24.3 Å². The normalized spacial score (nSPS) is 13.0. The van der Waals surface area contributed by atoms with E-state index in [2.05, 4.69) is 38.2 Å². The summed E-state index contributed by atoms with van der Waals surface area (Å²) in [5.74, 6) is 0.759. The summed E-state index contributed by atoms with van der Waals surface area (Å²) in [5.41, 5.74) is 1.35. The molecule has 0 aromatic heterocycles. The number of rotatable bonds is 7. The second-order valence-corrected chi connectivity index (χ2v) is 5.47. The van der Waals surface area contributed by atoms with Crippen LogP contribution in [0.5, 0.6) is 0 Å². The third-order valence-corrected chi connectivity index (χ3v) is 3.21. The van der Waals surface area contributed by atoms with Crippen LogP contribution in [0.3, 0.4) is 0 Å².